The van der Waals surface area contributed by atoms with Crippen molar-refractivity contribution in [2.75, 3.05) is 44.4 Å². The molecule has 0 bridgehead atoms. The number of hydrogen-bond donors (Lipinski definition) is 1. The van der Waals surface area contributed by atoms with Crippen LogP contribution in [0, 0.1) is 11.5 Å². The molecule has 0 aliphatic heterocycles. The second-order valence-electron chi connectivity index (χ2n) is 7.95. The lowest BCUT2D eigenvalue weighted by molar-refractivity contribution is -0.727. The Kier molecular flexibility index (Phi) is 15.0. The topological polar surface area (TPSA) is 172 Å². The van der Waals surface area contributed by atoms with Gasteiger partial charge in [0.2, 0.25) is 12.2 Å². The van der Waals surface area contributed by atoms with Crippen molar-refractivity contribution in [1.82, 2.24) is 0 Å². The Bertz CT molecular complexity index is 1120. The van der Waals surface area contributed by atoms with Gasteiger partial charge in [0.25, 0.3) is 6.73 Å². The zero-order valence-corrected chi connectivity index (χ0v) is 22.3. The lowest BCUT2D eigenvalue weighted by Gasteiger charge is -2.22. The molecule has 1 heterocycles. The number of benzene rings is 1. The predicted molar refractivity (Wildman–Crippen MR) is 144 cm³/mol. The van der Waals surface area contributed by atoms with Crippen LogP contribution in [-0.2, 0) is 20.9 Å². The number of hydrogen-bond acceptors (Lipinski definition) is 8. The molecule has 2 rings (SSSR count). The summed E-state index contributed by atoms with van der Waals surface area (Å²) in [4.78, 5) is 19.8. The zero-order valence-electron chi connectivity index (χ0n) is 21.5. The summed E-state index contributed by atoms with van der Waals surface area (Å²) in [6.07, 6.45) is 7.97. The summed E-state index contributed by atoms with van der Waals surface area (Å²) in [7, 11) is 0. The van der Waals surface area contributed by atoms with Crippen LogP contribution < -0.4 is 19.9 Å². The largest absolute Gasteiger partial charge is 0.513 e. The molecule has 0 amide bonds. The number of pyridine rings is 1. The fourth-order valence-electron chi connectivity index (χ4n) is 3.25. The minimum Gasteiger partial charge on any atom is -0.494 e. The number of nitrogens with two attached hydrogens (primary N) is 1. The van der Waals surface area contributed by atoms with Gasteiger partial charge in [0.05, 0.1) is 25.5 Å². The maximum Gasteiger partial charge on any atom is 0.513 e. The minimum atomic E-state index is -0.837. The Balaban J connectivity index is 1.71. The average molecular weight is 560 g/mol. The van der Waals surface area contributed by atoms with Crippen LogP contribution in [0.3, 0.4) is 0 Å². The van der Waals surface area contributed by atoms with E-state index < -0.39 is 6.16 Å². The van der Waals surface area contributed by atoms with Gasteiger partial charge in [-0.05, 0) is 42.6 Å². The van der Waals surface area contributed by atoms with Gasteiger partial charge in [-0.1, -0.05) is 29.6 Å². The van der Waals surface area contributed by atoms with Crippen LogP contribution >= 0.6 is 11.6 Å². The number of carbonyl (C=O) groups excluding carboxylic acids is 1. The smallest absolute Gasteiger partial charge is 0.494 e. The molecule has 0 radical (unpaired) electrons. The van der Waals surface area contributed by atoms with Crippen molar-refractivity contribution in [3.63, 3.8) is 0 Å². The Morgan fingerprint density at radius 2 is 1.79 bits per heavy atom. The van der Waals surface area contributed by atoms with Crippen LogP contribution in [0.2, 0.25) is 5.02 Å². The summed E-state index contributed by atoms with van der Waals surface area (Å²) in [6.45, 7) is 1.76. The van der Waals surface area contributed by atoms with E-state index in [1.54, 1.807) is 52.3 Å². The van der Waals surface area contributed by atoms with Gasteiger partial charge >= 0.3 is 6.16 Å². The van der Waals surface area contributed by atoms with Crippen molar-refractivity contribution in [3.8, 4) is 11.9 Å². The molecule has 0 fully saturated rings. The second-order valence-corrected chi connectivity index (χ2v) is 8.38. The lowest BCUT2D eigenvalue weighted by atomic mass is 10.2. The molecule has 0 saturated carbocycles. The number of ether oxygens (including phenoxy) is 4. The third kappa shape index (κ3) is 13.2. The first kappa shape index (κ1) is 31.0. The van der Waals surface area contributed by atoms with E-state index in [1.807, 2.05) is 12.1 Å². The SMILES string of the molecule is N#CN=C(N)N(CCCCCCOc1ccc(Cl)cc1)c1cc[n+](COC(=O)OCCOCCN=[N+]=[N-])cc1. The van der Waals surface area contributed by atoms with Crippen LogP contribution in [-0.4, -0.2) is 51.6 Å². The predicted octanol–water partition coefficient (Wildman–Crippen LogP) is 4.31. The number of guanidine groups is 1. The Labute approximate surface area is 231 Å². The molecule has 0 unspecified atom stereocenters. The quantitative estimate of drug-likeness (QED) is 0.0343. The van der Waals surface area contributed by atoms with Gasteiger partial charge in [-0.15, -0.1) is 4.99 Å². The highest BCUT2D eigenvalue weighted by Crippen LogP contribution is 2.16. The summed E-state index contributed by atoms with van der Waals surface area (Å²) in [5.41, 5.74) is 14.9. The van der Waals surface area contributed by atoms with Gasteiger partial charge in [0.1, 0.15) is 12.4 Å². The third-order valence-electron chi connectivity index (χ3n) is 5.16. The van der Waals surface area contributed by atoms with Gasteiger partial charge < -0.3 is 29.6 Å². The highest BCUT2D eigenvalue weighted by Gasteiger charge is 2.14. The van der Waals surface area contributed by atoms with Crippen LogP contribution in [0.5, 0.6) is 5.75 Å². The molecule has 0 aliphatic rings. The average Bonchev–Trinajstić information content (AvgIpc) is 2.94. The Morgan fingerprint density at radius 3 is 2.51 bits per heavy atom. The summed E-state index contributed by atoms with van der Waals surface area (Å²) in [5, 5.41) is 12.9. The molecule has 2 N–H and O–H groups in total. The van der Waals surface area contributed by atoms with Crippen molar-refractivity contribution >= 4 is 29.4 Å². The highest BCUT2D eigenvalue weighted by atomic mass is 35.5. The molecule has 208 valence electrons. The number of azide groups is 1. The normalized spacial score (nSPS) is 10.7. The zero-order chi connectivity index (χ0) is 28.1. The number of anilines is 1. The Hall–Kier alpha value is -4.24. The molecule has 0 atom stereocenters. The third-order valence-corrected chi connectivity index (χ3v) is 5.41. The number of halogens is 1. The van der Waals surface area contributed by atoms with E-state index in [-0.39, 0.29) is 39.1 Å². The second kappa shape index (κ2) is 18.9. The molecular formula is C25H32ClN8O5+. The molecule has 0 saturated heterocycles. The number of aromatic nitrogens is 1. The molecule has 14 heteroatoms. The number of nitriles is 1. The first-order valence-corrected chi connectivity index (χ1v) is 12.7. The summed E-state index contributed by atoms with van der Waals surface area (Å²) < 4.78 is 22.5. The molecule has 1 aromatic heterocycles. The van der Waals surface area contributed by atoms with Crippen molar-refractivity contribution in [2.24, 2.45) is 15.8 Å². The summed E-state index contributed by atoms with van der Waals surface area (Å²) in [6, 6.07) is 10.8. The van der Waals surface area contributed by atoms with Crippen molar-refractivity contribution in [3.05, 3.63) is 64.3 Å². The van der Waals surface area contributed by atoms with E-state index >= 15 is 0 Å². The molecule has 13 nitrogen and oxygen atoms in total. The molecular weight excluding hydrogens is 528 g/mol. The van der Waals surface area contributed by atoms with E-state index in [4.69, 9.17) is 47.1 Å². The van der Waals surface area contributed by atoms with Gasteiger partial charge in [-0.2, -0.15) is 9.83 Å². The molecule has 0 spiro atoms. The minimum absolute atomic E-state index is 0.0144. The van der Waals surface area contributed by atoms with Crippen LogP contribution in [0.25, 0.3) is 10.4 Å². The fraction of sp³-hybridized carbons (Fsp3) is 0.440. The van der Waals surface area contributed by atoms with E-state index in [2.05, 4.69) is 15.0 Å². The van der Waals surface area contributed by atoms with Gasteiger partial charge in [0.15, 0.2) is 12.4 Å². The van der Waals surface area contributed by atoms with Crippen molar-refractivity contribution in [2.45, 2.75) is 32.4 Å². The number of nitrogens with zero attached hydrogens (tertiary/aromatic N) is 7. The van der Waals surface area contributed by atoms with Gasteiger partial charge in [-0.3, -0.25) is 0 Å². The van der Waals surface area contributed by atoms with Crippen LogP contribution in [0.1, 0.15) is 25.7 Å². The van der Waals surface area contributed by atoms with E-state index in [0.717, 1.165) is 37.1 Å². The standard InChI is InChI=1S/C25H32ClN8O5/c26-21-5-7-23(8-6-21)37-15-4-2-1-3-12-34(24(28)30-19-27)22-9-13-33(14-10-22)20-39-25(35)38-18-17-36-16-11-31-32-29/h5-10,13-14H,1-4,11-12,15-18,20H2,(H2,28,30)/q+1. The molecule has 1 aromatic carbocycles. The molecule has 39 heavy (non-hydrogen) atoms. The highest BCUT2D eigenvalue weighted by molar-refractivity contribution is 6.30. The van der Waals surface area contributed by atoms with E-state index in [1.165, 1.54) is 0 Å². The van der Waals surface area contributed by atoms with E-state index in [0.29, 0.717) is 18.2 Å². The van der Waals surface area contributed by atoms with Gasteiger partial charge in [0, 0.05) is 35.2 Å². The molecule has 0 aliphatic carbocycles. The summed E-state index contributed by atoms with van der Waals surface area (Å²) >= 11 is 5.88. The fourth-order valence-corrected chi connectivity index (χ4v) is 3.38. The van der Waals surface area contributed by atoms with Crippen molar-refractivity contribution in [1.29, 1.82) is 5.26 Å². The number of aliphatic imine (C=N–C) groups is 1. The maximum atomic E-state index is 11.7. The molecule has 2 aromatic rings. The monoisotopic (exact) mass is 559 g/mol. The van der Waals surface area contributed by atoms with E-state index in [9.17, 15) is 4.79 Å². The first-order valence-electron chi connectivity index (χ1n) is 12.3. The number of unbranched alkanes of at least 4 members (excludes halogenated alkanes) is 3. The number of carbonyl (C=O) groups is 1. The van der Waals surface area contributed by atoms with Crippen LogP contribution in [0.4, 0.5) is 10.5 Å². The first-order chi connectivity index (χ1) is 19.0. The lowest BCUT2D eigenvalue weighted by Crippen LogP contribution is -2.40. The number of rotatable bonds is 17. The summed E-state index contributed by atoms with van der Waals surface area (Å²) in [5.74, 6) is 0.891. The van der Waals surface area contributed by atoms with Gasteiger partial charge in [-0.25, -0.2) is 4.79 Å². The Morgan fingerprint density at radius 1 is 1.05 bits per heavy atom. The maximum absolute atomic E-state index is 11.7. The van der Waals surface area contributed by atoms with Crippen LogP contribution in [0.15, 0.2) is 58.9 Å². The van der Waals surface area contributed by atoms with Crippen molar-refractivity contribution < 1.29 is 28.3 Å².